The fourth-order valence-electron chi connectivity index (χ4n) is 1.48. The minimum absolute atomic E-state index is 0.269. The highest BCUT2D eigenvalue weighted by Gasteiger charge is 2.20. The molecule has 6 nitrogen and oxygen atoms in total. The number of hydrogen-bond acceptors (Lipinski definition) is 5. The SMILES string of the molecule is O=C(O)c1ccc(OCc2cccs2)cc1[N+](=O)[O-]. The van der Waals surface area contributed by atoms with Gasteiger partial charge in [0.15, 0.2) is 0 Å². The average molecular weight is 279 g/mol. The molecule has 0 aliphatic rings. The molecule has 0 atom stereocenters. The maximum Gasteiger partial charge on any atom is 0.342 e. The van der Waals surface area contributed by atoms with Crippen molar-refractivity contribution >= 4 is 23.0 Å². The van der Waals surface area contributed by atoms with E-state index >= 15 is 0 Å². The van der Waals surface area contributed by atoms with Crippen molar-refractivity contribution in [2.75, 3.05) is 0 Å². The van der Waals surface area contributed by atoms with Crippen LogP contribution in [0.4, 0.5) is 5.69 Å². The highest BCUT2D eigenvalue weighted by atomic mass is 32.1. The van der Waals surface area contributed by atoms with Crippen LogP contribution in [0, 0.1) is 10.1 Å². The molecule has 1 N–H and O–H groups in total. The lowest BCUT2D eigenvalue weighted by atomic mass is 10.2. The minimum Gasteiger partial charge on any atom is -0.488 e. The number of hydrogen-bond donors (Lipinski definition) is 1. The monoisotopic (exact) mass is 279 g/mol. The Hall–Kier alpha value is -2.41. The Kier molecular flexibility index (Phi) is 3.76. The van der Waals surface area contributed by atoms with Crippen molar-refractivity contribution in [3.8, 4) is 5.75 Å². The Bertz CT molecular complexity index is 609. The Morgan fingerprint density at radius 3 is 2.79 bits per heavy atom. The molecule has 1 heterocycles. The third-order valence-electron chi connectivity index (χ3n) is 2.36. The second-order valence-corrected chi connectivity index (χ2v) is 4.64. The van der Waals surface area contributed by atoms with E-state index in [9.17, 15) is 14.9 Å². The summed E-state index contributed by atoms with van der Waals surface area (Å²) in [4.78, 5) is 21.9. The number of ether oxygens (including phenoxy) is 1. The number of thiophene rings is 1. The molecule has 0 radical (unpaired) electrons. The van der Waals surface area contributed by atoms with E-state index in [2.05, 4.69) is 0 Å². The van der Waals surface area contributed by atoms with Gasteiger partial charge in [-0.2, -0.15) is 0 Å². The summed E-state index contributed by atoms with van der Waals surface area (Å²) in [6.07, 6.45) is 0. The molecule has 0 aliphatic heterocycles. The fraction of sp³-hybridized carbons (Fsp3) is 0.0833. The number of carboxylic acids is 1. The van der Waals surface area contributed by atoms with E-state index in [1.54, 1.807) is 0 Å². The topological polar surface area (TPSA) is 89.7 Å². The summed E-state index contributed by atoms with van der Waals surface area (Å²) in [6, 6.07) is 7.45. The smallest absolute Gasteiger partial charge is 0.342 e. The molecule has 0 saturated carbocycles. The number of carbonyl (C=O) groups is 1. The van der Waals surface area contributed by atoms with Crippen molar-refractivity contribution in [1.82, 2.24) is 0 Å². The number of aromatic carboxylic acids is 1. The molecule has 1 aromatic heterocycles. The van der Waals surface area contributed by atoms with Crippen molar-refractivity contribution < 1.29 is 19.6 Å². The van der Waals surface area contributed by atoms with E-state index in [1.165, 1.54) is 23.5 Å². The predicted molar refractivity (Wildman–Crippen MR) is 68.7 cm³/mol. The van der Waals surface area contributed by atoms with Crippen LogP contribution in [0.25, 0.3) is 0 Å². The van der Waals surface area contributed by atoms with Gasteiger partial charge in [-0.25, -0.2) is 4.79 Å². The van der Waals surface area contributed by atoms with E-state index in [4.69, 9.17) is 9.84 Å². The molecular weight excluding hydrogens is 270 g/mol. The van der Waals surface area contributed by atoms with Gasteiger partial charge in [0.1, 0.15) is 17.9 Å². The van der Waals surface area contributed by atoms with Gasteiger partial charge in [0.25, 0.3) is 5.69 Å². The third kappa shape index (κ3) is 3.08. The van der Waals surface area contributed by atoms with Gasteiger partial charge in [0.05, 0.1) is 11.0 Å². The molecule has 7 heteroatoms. The van der Waals surface area contributed by atoms with Crippen LogP contribution in [-0.4, -0.2) is 16.0 Å². The van der Waals surface area contributed by atoms with Gasteiger partial charge < -0.3 is 9.84 Å². The fourth-order valence-corrected chi connectivity index (χ4v) is 2.10. The quantitative estimate of drug-likeness (QED) is 0.671. The van der Waals surface area contributed by atoms with Crippen LogP contribution < -0.4 is 4.74 Å². The van der Waals surface area contributed by atoms with Crippen molar-refractivity contribution in [2.24, 2.45) is 0 Å². The summed E-state index contributed by atoms with van der Waals surface area (Å²) in [5.74, 6) is -1.07. The van der Waals surface area contributed by atoms with Crippen molar-refractivity contribution in [1.29, 1.82) is 0 Å². The summed E-state index contributed by atoms with van der Waals surface area (Å²) in [7, 11) is 0. The van der Waals surface area contributed by atoms with Crippen LogP contribution in [0.15, 0.2) is 35.7 Å². The molecule has 1 aromatic carbocycles. The second kappa shape index (κ2) is 5.49. The largest absolute Gasteiger partial charge is 0.488 e. The molecule has 0 saturated heterocycles. The maximum atomic E-state index is 10.8. The number of nitrogens with zero attached hydrogens (tertiary/aromatic N) is 1. The van der Waals surface area contributed by atoms with Gasteiger partial charge in [-0.1, -0.05) is 6.07 Å². The zero-order valence-electron chi connectivity index (χ0n) is 9.61. The lowest BCUT2D eigenvalue weighted by molar-refractivity contribution is -0.385. The molecule has 2 rings (SSSR count). The summed E-state index contributed by atoms with van der Waals surface area (Å²) < 4.78 is 5.39. The number of carboxylic acid groups (broad SMARTS) is 1. The number of benzene rings is 1. The second-order valence-electron chi connectivity index (χ2n) is 3.61. The summed E-state index contributed by atoms with van der Waals surface area (Å²) in [5.41, 5.74) is -0.829. The third-order valence-corrected chi connectivity index (χ3v) is 3.21. The first-order chi connectivity index (χ1) is 9.08. The van der Waals surface area contributed by atoms with Gasteiger partial charge >= 0.3 is 5.97 Å². The van der Waals surface area contributed by atoms with Gasteiger partial charge in [-0.15, -0.1) is 11.3 Å². The summed E-state index contributed by atoms with van der Waals surface area (Å²) >= 11 is 1.51. The lowest BCUT2D eigenvalue weighted by Crippen LogP contribution is -2.03. The molecule has 0 amide bonds. The van der Waals surface area contributed by atoms with Gasteiger partial charge in [0, 0.05) is 4.88 Å². The Morgan fingerprint density at radius 1 is 1.42 bits per heavy atom. The van der Waals surface area contributed by atoms with Gasteiger partial charge in [-0.05, 0) is 23.6 Å². The normalized spacial score (nSPS) is 10.1. The zero-order valence-corrected chi connectivity index (χ0v) is 10.4. The molecule has 2 aromatic rings. The van der Waals surface area contributed by atoms with Crippen LogP contribution >= 0.6 is 11.3 Å². The van der Waals surface area contributed by atoms with Gasteiger partial charge in [-0.3, -0.25) is 10.1 Å². The molecule has 0 aliphatic carbocycles. The first kappa shape index (κ1) is 13.0. The maximum absolute atomic E-state index is 10.8. The minimum atomic E-state index is -1.34. The van der Waals surface area contributed by atoms with E-state index in [-0.39, 0.29) is 11.3 Å². The van der Waals surface area contributed by atoms with Gasteiger partial charge in [0.2, 0.25) is 0 Å². The zero-order chi connectivity index (χ0) is 13.8. The molecule has 0 unspecified atom stereocenters. The standard InChI is InChI=1S/C12H9NO5S/c14-12(15)10-4-3-8(6-11(10)13(16)17)18-7-9-2-1-5-19-9/h1-6H,7H2,(H,14,15). The number of nitro groups is 1. The molecule has 0 bridgehead atoms. The van der Waals surface area contributed by atoms with E-state index in [1.807, 2.05) is 17.5 Å². The molecular formula is C12H9NO5S. The van der Waals surface area contributed by atoms with Crippen LogP contribution in [-0.2, 0) is 6.61 Å². The molecule has 98 valence electrons. The van der Waals surface area contributed by atoms with Crippen molar-refractivity contribution in [3.05, 3.63) is 56.3 Å². The first-order valence-electron chi connectivity index (χ1n) is 5.25. The van der Waals surface area contributed by atoms with E-state index in [0.717, 1.165) is 10.9 Å². The van der Waals surface area contributed by atoms with Crippen LogP contribution in [0.1, 0.15) is 15.2 Å². The van der Waals surface area contributed by atoms with Crippen molar-refractivity contribution in [2.45, 2.75) is 6.61 Å². The van der Waals surface area contributed by atoms with E-state index in [0.29, 0.717) is 6.61 Å². The predicted octanol–water partition coefficient (Wildman–Crippen LogP) is 2.93. The van der Waals surface area contributed by atoms with Crippen LogP contribution in [0.2, 0.25) is 0 Å². The average Bonchev–Trinajstić information content (AvgIpc) is 2.88. The van der Waals surface area contributed by atoms with Crippen LogP contribution in [0.5, 0.6) is 5.75 Å². The summed E-state index contributed by atoms with van der Waals surface area (Å²) in [6.45, 7) is 0.293. The van der Waals surface area contributed by atoms with E-state index < -0.39 is 16.6 Å². The summed E-state index contributed by atoms with van der Waals surface area (Å²) in [5, 5.41) is 21.5. The first-order valence-corrected chi connectivity index (χ1v) is 6.13. The molecule has 19 heavy (non-hydrogen) atoms. The Morgan fingerprint density at radius 2 is 2.21 bits per heavy atom. The molecule has 0 fully saturated rings. The van der Waals surface area contributed by atoms with Crippen molar-refractivity contribution in [3.63, 3.8) is 0 Å². The van der Waals surface area contributed by atoms with Crippen LogP contribution in [0.3, 0.4) is 0 Å². The Labute approximate surface area is 112 Å². The lowest BCUT2D eigenvalue weighted by Gasteiger charge is -2.05. The number of nitro benzene ring substituents is 1. The highest BCUT2D eigenvalue weighted by molar-refractivity contribution is 7.09. The Balaban J connectivity index is 2.20. The molecule has 0 spiro atoms. The number of rotatable bonds is 5. The highest BCUT2D eigenvalue weighted by Crippen LogP contribution is 2.25.